The van der Waals surface area contributed by atoms with Gasteiger partial charge in [0.05, 0.1) is 15.7 Å². The van der Waals surface area contributed by atoms with Gasteiger partial charge in [-0.2, -0.15) is 13.2 Å². The van der Waals surface area contributed by atoms with Gasteiger partial charge in [-0.1, -0.05) is 12.1 Å². The molecule has 0 radical (unpaired) electrons. The highest BCUT2D eigenvalue weighted by molar-refractivity contribution is 7.92. The molecule has 1 aliphatic heterocycles. The summed E-state index contributed by atoms with van der Waals surface area (Å²) in [5, 5.41) is -1.29. The molecular weight excluding hydrogens is 348 g/mol. The zero-order valence-electron chi connectivity index (χ0n) is 12.0. The average Bonchev–Trinajstić information content (AvgIpc) is 2.50. The first kappa shape index (κ1) is 16.6. The van der Waals surface area contributed by atoms with Gasteiger partial charge in [-0.15, -0.1) is 0 Å². The molecule has 1 atom stereocenters. The van der Waals surface area contributed by atoms with Gasteiger partial charge in [-0.05, 0) is 35.9 Å². The van der Waals surface area contributed by atoms with Crippen LogP contribution in [0.4, 0.5) is 17.6 Å². The molecule has 0 saturated heterocycles. The largest absolute Gasteiger partial charge is 0.416 e. The van der Waals surface area contributed by atoms with E-state index in [0.29, 0.717) is 0 Å². The third-order valence-corrected chi connectivity index (χ3v) is 6.06. The summed E-state index contributed by atoms with van der Waals surface area (Å²) < 4.78 is 76.3. The number of carbonyl (C=O) groups is 1. The molecule has 0 spiro atoms. The summed E-state index contributed by atoms with van der Waals surface area (Å²) in [7, 11) is -4.00. The van der Waals surface area contributed by atoms with Gasteiger partial charge in [0.1, 0.15) is 5.82 Å². The van der Waals surface area contributed by atoms with E-state index in [0.717, 1.165) is 42.5 Å². The first-order valence-electron chi connectivity index (χ1n) is 6.84. The normalized spacial score (nSPS) is 19.8. The summed E-state index contributed by atoms with van der Waals surface area (Å²) in [6, 6.07) is 6.44. The van der Waals surface area contributed by atoms with Crippen molar-refractivity contribution in [2.75, 3.05) is 0 Å². The maximum Gasteiger partial charge on any atom is 0.416 e. The number of sulfone groups is 1. The van der Waals surface area contributed by atoms with Crippen LogP contribution in [0.25, 0.3) is 0 Å². The van der Waals surface area contributed by atoms with Crippen molar-refractivity contribution >= 4 is 15.6 Å². The summed E-state index contributed by atoms with van der Waals surface area (Å²) in [5.41, 5.74) is -1.04. The molecule has 24 heavy (non-hydrogen) atoms. The Bertz CT molecular complexity index is 915. The number of rotatable bonds is 1. The van der Waals surface area contributed by atoms with Gasteiger partial charge in [-0.25, -0.2) is 12.8 Å². The Kier molecular flexibility index (Phi) is 3.75. The summed E-state index contributed by atoms with van der Waals surface area (Å²) in [6.07, 6.45) is -4.98. The van der Waals surface area contributed by atoms with Crippen molar-refractivity contribution in [1.29, 1.82) is 0 Å². The Morgan fingerprint density at radius 3 is 2.21 bits per heavy atom. The van der Waals surface area contributed by atoms with Crippen LogP contribution in [0, 0.1) is 5.82 Å². The van der Waals surface area contributed by atoms with E-state index in [-0.39, 0.29) is 16.0 Å². The summed E-state index contributed by atoms with van der Waals surface area (Å²) in [6.45, 7) is 0. The topological polar surface area (TPSA) is 51.2 Å². The van der Waals surface area contributed by atoms with E-state index in [4.69, 9.17) is 0 Å². The van der Waals surface area contributed by atoms with Crippen molar-refractivity contribution in [2.45, 2.75) is 22.7 Å². The average molecular weight is 358 g/mol. The van der Waals surface area contributed by atoms with Crippen molar-refractivity contribution in [1.82, 2.24) is 0 Å². The number of hydrogen-bond acceptors (Lipinski definition) is 3. The monoisotopic (exact) mass is 358 g/mol. The van der Waals surface area contributed by atoms with Crippen molar-refractivity contribution < 1.29 is 30.8 Å². The number of Topliss-reactive ketones (excluding diaryl/α,β-unsaturated/α-hetero) is 1. The minimum absolute atomic E-state index is 0.0892. The standard InChI is InChI=1S/C16H10F4O3S/c17-11-5-6-14-12(7-11)13(21)8-15(24(14,22)23)9-1-3-10(4-2-9)16(18,19)20/h1-7,15H,8H2. The van der Waals surface area contributed by atoms with E-state index in [1.165, 1.54) is 0 Å². The number of halogens is 4. The van der Waals surface area contributed by atoms with E-state index in [1.54, 1.807) is 0 Å². The first-order chi connectivity index (χ1) is 11.1. The maximum absolute atomic E-state index is 13.2. The molecule has 1 heterocycles. The predicted octanol–water partition coefficient (Wildman–Crippen LogP) is 3.95. The fourth-order valence-electron chi connectivity index (χ4n) is 2.69. The molecule has 0 bridgehead atoms. The van der Waals surface area contributed by atoms with Crippen LogP contribution in [-0.2, 0) is 16.0 Å². The molecule has 126 valence electrons. The predicted molar refractivity (Wildman–Crippen MR) is 76.7 cm³/mol. The van der Waals surface area contributed by atoms with Gasteiger partial charge < -0.3 is 0 Å². The fraction of sp³-hybridized carbons (Fsp3) is 0.188. The van der Waals surface area contributed by atoms with E-state index in [2.05, 4.69) is 0 Å². The van der Waals surface area contributed by atoms with Gasteiger partial charge in [0, 0.05) is 12.0 Å². The Hall–Kier alpha value is -2.22. The van der Waals surface area contributed by atoms with Crippen molar-refractivity contribution in [3.63, 3.8) is 0 Å². The lowest BCUT2D eigenvalue weighted by Crippen LogP contribution is -2.25. The highest BCUT2D eigenvalue weighted by Crippen LogP contribution is 2.40. The van der Waals surface area contributed by atoms with Crippen LogP contribution in [0.3, 0.4) is 0 Å². The fourth-order valence-corrected chi connectivity index (χ4v) is 4.62. The van der Waals surface area contributed by atoms with E-state index < -0.39 is 44.8 Å². The second-order valence-electron chi connectivity index (χ2n) is 5.42. The number of benzene rings is 2. The molecule has 0 saturated carbocycles. The highest BCUT2D eigenvalue weighted by atomic mass is 32.2. The third-order valence-electron chi connectivity index (χ3n) is 3.90. The number of alkyl halides is 3. The smallest absolute Gasteiger partial charge is 0.294 e. The number of carbonyl (C=O) groups excluding carboxylic acids is 1. The molecule has 3 rings (SSSR count). The summed E-state index contributed by atoms with van der Waals surface area (Å²) >= 11 is 0. The van der Waals surface area contributed by atoms with Crippen molar-refractivity contribution in [3.8, 4) is 0 Å². The molecule has 0 amide bonds. The number of ketones is 1. The lowest BCUT2D eigenvalue weighted by Gasteiger charge is -2.24. The van der Waals surface area contributed by atoms with Crippen LogP contribution in [0.15, 0.2) is 47.4 Å². The second kappa shape index (κ2) is 5.41. The molecule has 1 aliphatic rings. The quantitative estimate of drug-likeness (QED) is 0.573. The summed E-state index contributed by atoms with van der Waals surface area (Å²) in [5.74, 6) is -1.30. The second-order valence-corrected chi connectivity index (χ2v) is 7.52. The summed E-state index contributed by atoms with van der Waals surface area (Å²) in [4.78, 5) is 11.8. The van der Waals surface area contributed by atoms with E-state index >= 15 is 0 Å². The van der Waals surface area contributed by atoms with Gasteiger partial charge in [0.25, 0.3) is 0 Å². The molecule has 0 aromatic heterocycles. The minimum atomic E-state index is -4.54. The molecular formula is C16H10F4O3S. The molecule has 0 aliphatic carbocycles. The van der Waals surface area contributed by atoms with Crippen molar-refractivity contribution in [2.24, 2.45) is 0 Å². The molecule has 2 aromatic carbocycles. The Balaban J connectivity index is 2.07. The Morgan fingerprint density at radius 1 is 1.00 bits per heavy atom. The lowest BCUT2D eigenvalue weighted by molar-refractivity contribution is -0.137. The van der Waals surface area contributed by atoms with Gasteiger partial charge in [0.2, 0.25) is 0 Å². The van der Waals surface area contributed by atoms with Gasteiger partial charge >= 0.3 is 6.18 Å². The molecule has 8 heteroatoms. The van der Waals surface area contributed by atoms with Crippen LogP contribution in [0.2, 0.25) is 0 Å². The van der Waals surface area contributed by atoms with Crippen LogP contribution >= 0.6 is 0 Å². The molecule has 3 nitrogen and oxygen atoms in total. The van der Waals surface area contributed by atoms with Crippen LogP contribution in [0.5, 0.6) is 0 Å². The van der Waals surface area contributed by atoms with Crippen LogP contribution < -0.4 is 0 Å². The minimum Gasteiger partial charge on any atom is -0.294 e. The van der Waals surface area contributed by atoms with Crippen molar-refractivity contribution in [3.05, 3.63) is 65.0 Å². The molecule has 1 unspecified atom stereocenters. The molecule has 2 aromatic rings. The molecule has 0 fully saturated rings. The maximum atomic E-state index is 13.2. The lowest BCUT2D eigenvalue weighted by atomic mass is 10.0. The van der Waals surface area contributed by atoms with Crippen LogP contribution in [-0.4, -0.2) is 14.2 Å². The van der Waals surface area contributed by atoms with Gasteiger partial charge in [-0.3, -0.25) is 4.79 Å². The molecule has 0 N–H and O–H groups in total. The SMILES string of the molecule is O=C1CC(c2ccc(C(F)(F)F)cc2)S(=O)(=O)c2ccc(F)cc21. The number of hydrogen-bond donors (Lipinski definition) is 0. The third kappa shape index (κ3) is 2.71. The number of fused-ring (bicyclic) bond motifs is 1. The van der Waals surface area contributed by atoms with Crippen LogP contribution in [0.1, 0.15) is 33.2 Å². The van der Waals surface area contributed by atoms with E-state index in [9.17, 15) is 30.8 Å². The van der Waals surface area contributed by atoms with E-state index in [1.807, 2.05) is 0 Å². The Morgan fingerprint density at radius 2 is 1.62 bits per heavy atom. The van der Waals surface area contributed by atoms with Gasteiger partial charge in [0.15, 0.2) is 15.6 Å². The highest BCUT2D eigenvalue weighted by Gasteiger charge is 2.39. The zero-order chi connectivity index (χ0) is 17.7. The first-order valence-corrected chi connectivity index (χ1v) is 8.39. The zero-order valence-corrected chi connectivity index (χ0v) is 12.8. The Labute approximate surface area is 134 Å².